The molecule has 1 atom stereocenters. The van der Waals surface area contributed by atoms with Crippen LogP contribution in [0.4, 0.5) is 4.39 Å². The Hall–Kier alpha value is -1.39. The number of ether oxygens (including phenoxy) is 1. The van der Waals surface area contributed by atoms with E-state index in [2.05, 4.69) is 21.2 Å². The first-order chi connectivity index (χ1) is 9.65. The Morgan fingerprint density at radius 3 is 2.65 bits per heavy atom. The van der Waals surface area contributed by atoms with Gasteiger partial charge in [-0.1, -0.05) is 28.1 Å². The molecule has 0 saturated carbocycles. The number of benzene rings is 2. The van der Waals surface area contributed by atoms with E-state index in [1.807, 2.05) is 37.3 Å². The van der Waals surface area contributed by atoms with Crippen molar-refractivity contribution in [3.05, 3.63) is 64.4 Å². The summed E-state index contributed by atoms with van der Waals surface area (Å²) in [6.07, 6.45) is 0. The molecule has 0 bridgehead atoms. The summed E-state index contributed by atoms with van der Waals surface area (Å²) in [5.41, 5.74) is 0.939. The normalized spacial score (nSPS) is 12.2. The molecule has 4 heteroatoms. The molecule has 0 unspecified atom stereocenters. The molecule has 2 aromatic rings. The Balaban J connectivity index is 1.74. The van der Waals surface area contributed by atoms with Crippen LogP contribution in [0.15, 0.2) is 53.0 Å². The summed E-state index contributed by atoms with van der Waals surface area (Å²) in [6.45, 7) is 3.28. The summed E-state index contributed by atoms with van der Waals surface area (Å²) in [6, 6.07) is 14.5. The highest BCUT2D eigenvalue weighted by molar-refractivity contribution is 9.10. The molecular formula is C16H17BrFNO. The Kier molecular flexibility index (Phi) is 5.56. The van der Waals surface area contributed by atoms with Crippen molar-refractivity contribution in [1.29, 1.82) is 0 Å². The zero-order valence-corrected chi connectivity index (χ0v) is 12.9. The number of halogens is 2. The van der Waals surface area contributed by atoms with E-state index in [1.165, 1.54) is 6.07 Å². The first-order valence-corrected chi connectivity index (χ1v) is 7.31. The van der Waals surface area contributed by atoms with Crippen molar-refractivity contribution in [3.63, 3.8) is 0 Å². The highest BCUT2D eigenvalue weighted by Crippen LogP contribution is 2.16. The molecule has 0 aliphatic rings. The van der Waals surface area contributed by atoms with Gasteiger partial charge in [-0.3, -0.25) is 0 Å². The van der Waals surface area contributed by atoms with Crippen LogP contribution in [0.5, 0.6) is 5.75 Å². The molecule has 0 aliphatic heterocycles. The lowest BCUT2D eigenvalue weighted by Gasteiger charge is -2.14. The van der Waals surface area contributed by atoms with E-state index in [0.29, 0.717) is 13.2 Å². The zero-order valence-electron chi connectivity index (χ0n) is 11.3. The fourth-order valence-electron chi connectivity index (χ4n) is 1.87. The smallest absolute Gasteiger partial charge is 0.123 e. The summed E-state index contributed by atoms with van der Waals surface area (Å²) >= 11 is 3.38. The van der Waals surface area contributed by atoms with Gasteiger partial charge in [0.25, 0.3) is 0 Å². The number of rotatable bonds is 6. The van der Waals surface area contributed by atoms with Crippen molar-refractivity contribution in [2.75, 3.05) is 13.2 Å². The highest BCUT2D eigenvalue weighted by Gasteiger charge is 2.05. The van der Waals surface area contributed by atoms with Gasteiger partial charge in [-0.05, 0) is 48.9 Å². The molecule has 0 aliphatic carbocycles. The Morgan fingerprint density at radius 1 is 1.20 bits per heavy atom. The maximum Gasteiger partial charge on any atom is 0.123 e. The molecule has 0 spiro atoms. The lowest BCUT2D eigenvalue weighted by atomic mass is 10.1. The topological polar surface area (TPSA) is 21.3 Å². The molecular weight excluding hydrogens is 321 g/mol. The molecule has 0 amide bonds. The van der Waals surface area contributed by atoms with Crippen LogP contribution in [0, 0.1) is 5.82 Å². The molecule has 2 rings (SSSR count). The molecule has 0 aromatic heterocycles. The van der Waals surface area contributed by atoms with Crippen LogP contribution in [-0.4, -0.2) is 13.2 Å². The molecule has 0 radical (unpaired) electrons. The largest absolute Gasteiger partial charge is 0.492 e. The Labute approximate surface area is 127 Å². The van der Waals surface area contributed by atoms with E-state index in [0.717, 1.165) is 15.8 Å². The molecule has 2 nitrogen and oxygen atoms in total. The van der Waals surface area contributed by atoms with E-state index in [4.69, 9.17) is 4.74 Å². The van der Waals surface area contributed by atoms with E-state index in [-0.39, 0.29) is 11.9 Å². The molecule has 106 valence electrons. The fourth-order valence-corrected chi connectivity index (χ4v) is 2.13. The third-order valence-electron chi connectivity index (χ3n) is 2.98. The lowest BCUT2D eigenvalue weighted by molar-refractivity contribution is 0.307. The van der Waals surface area contributed by atoms with Crippen LogP contribution in [0.1, 0.15) is 18.5 Å². The van der Waals surface area contributed by atoms with E-state index >= 15 is 0 Å². The quantitative estimate of drug-likeness (QED) is 0.792. The minimum Gasteiger partial charge on any atom is -0.492 e. The Bertz CT molecular complexity index is 544. The zero-order chi connectivity index (χ0) is 14.4. The van der Waals surface area contributed by atoms with E-state index < -0.39 is 0 Å². The summed E-state index contributed by atoms with van der Waals surface area (Å²) < 4.78 is 19.8. The van der Waals surface area contributed by atoms with Crippen LogP contribution in [0.3, 0.4) is 0 Å². The first kappa shape index (κ1) is 15.0. The van der Waals surface area contributed by atoms with Gasteiger partial charge in [0.2, 0.25) is 0 Å². The lowest BCUT2D eigenvalue weighted by Crippen LogP contribution is -2.24. The van der Waals surface area contributed by atoms with E-state index in [1.54, 1.807) is 12.1 Å². The van der Waals surface area contributed by atoms with Gasteiger partial charge in [0.15, 0.2) is 0 Å². The minimum atomic E-state index is -0.206. The van der Waals surface area contributed by atoms with Gasteiger partial charge < -0.3 is 10.1 Å². The van der Waals surface area contributed by atoms with Gasteiger partial charge in [0.05, 0.1) is 0 Å². The minimum absolute atomic E-state index is 0.0965. The second kappa shape index (κ2) is 7.41. The van der Waals surface area contributed by atoms with Crippen molar-refractivity contribution in [3.8, 4) is 5.75 Å². The fraction of sp³-hybridized carbons (Fsp3) is 0.250. The average molecular weight is 338 g/mol. The number of nitrogens with one attached hydrogen (secondary N) is 1. The van der Waals surface area contributed by atoms with Crippen LogP contribution < -0.4 is 10.1 Å². The van der Waals surface area contributed by atoms with Crippen LogP contribution in [-0.2, 0) is 0 Å². The first-order valence-electron chi connectivity index (χ1n) is 6.52. The van der Waals surface area contributed by atoms with Gasteiger partial charge in [-0.2, -0.15) is 0 Å². The molecule has 0 fully saturated rings. The molecule has 20 heavy (non-hydrogen) atoms. The van der Waals surface area contributed by atoms with Crippen molar-refractivity contribution in [2.24, 2.45) is 0 Å². The predicted molar refractivity (Wildman–Crippen MR) is 82.5 cm³/mol. The molecule has 2 aromatic carbocycles. The van der Waals surface area contributed by atoms with Gasteiger partial charge in [-0.15, -0.1) is 0 Å². The number of hydrogen-bond acceptors (Lipinski definition) is 2. The summed E-state index contributed by atoms with van der Waals surface area (Å²) in [5, 5.41) is 3.31. The molecule has 0 saturated heterocycles. The van der Waals surface area contributed by atoms with Crippen molar-refractivity contribution in [2.45, 2.75) is 13.0 Å². The SMILES string of the molecule is C[C@H](NCCOc1ccc(Br)cc1)c1cccc(F)c1. The number of hydrogen-bond donors (Lipinski definition) is 1. The summed E-state index contributed by atoms with van der Waals surface area (Å²) in [5.74, 6) is 0.635. The average Bonchev–Trinajstić information content (AvgIpc) is 2.45. The second-order valence-electron chi connectivity index (χ2n) is 4.53. The third-order valence-corrected chi connectivity index (χ3v) is 3.51. The second-order valence-corrected chi connectivity index (χ2v) is 5.45. The summed E-state index contributed by atoms with van der Waals surface area (Å²) in [7, 11) is 0. The summed E-state index contributed by atoms with van der Waals surface area (Å²) in [4.78, 5) is 0. The maximum atomic E-state index is 13.1. The van der Waals surface area contributed by atoms with Crippen molar-refractivity contribution < 1.29 is 9.13 Å². The Morgan fingerprint density at radius 2 is 1.95 bits per heavy atom. The van der Waals surface area contributed by atoms with Crippen LogP contribution >= 0.6 is 15.9 Å². The third kappa shape index (κ3) is 4.62. The molecule has 1 N–H and O–H groups in total. The monoisotopic (exact) mass is 337 g/mol. The van der Waals surface area contributed by atoms with Gasteiger partial charge in [-0.25, -0.2) is 4.39 Å². The van der Waals surface area contributed by atoms with Gasteiger partial charge >= 0.3 is 0 Å². The maximum absolute atomic E-state index is 13.1. The van der Waals surface area contributed by atoms with Crippen LogP contribution in [0.25, 0.3) is 0 Å². The van der Waals surface area contributed by atoms with Gasteiger partial charge in [0.1, 0.15) is 18.2 Å². The highest BCUT2D eigenvalue weighted by atomic mass is 79.9. The predicted octanol–water partition coefficient (Wildman–Crippen LogP) is 4.32. The van der Waals surface area contributed by atoms with Gasteiger partial charge in [0, 0.05) is 17.1 Å². The van der Waals surface area contributed by atoms with E-state index in [9.17, 15) is 4.39 Å². The standard InChI is InChI=1S/C16H17BrFNO/c1-12(13-3-2-4-15(18)11-13)19-9-10-20-16-7-5-14(17)6-8-16/h2-8,11-12,19H,9-10H2,1H3/t12-/m0/s1. The molecule has 0 heterocycles. The van der Waals surface area contributed by atoms with Crippen molar-refractivity contribution in [1.82, 2.24) is 5.32 Å². The van der Waals surface area contributed by atoms with Crippen molar-refractivity contribution >= 4 is 15.9 Å². The van der Waals surface area contributed by atoms with Crippen LogP contribution in [0.2, 0.25) is 0 Å².